The Morgan fingerprint density at radius 1 is 1.25 bits per heavy atom. The smallest absolute Gasteiger partial charge is 3.00 e. The summed E-state index contributed by atoms with van der Waals surface area (Å²) < 4.78 is 18.0. The molecule has 0 aliphatic heterocycles. The molecule has 0 rings (SSSR count). The average Bonchev–Trinajstić information content (AvgIpc) is 1.36. The van der Waals surface area contributed by atoms with E-state index in [1.807, 2.05) is 0 Å². The number of halogens is 1. The van der Waals surface area contributed by atoms with Crippen molar-refractivity contribution in [2.24, 2.45) is 0 Å². The largest absolute Gasteiger partial charge is 3.00 e. The van der Waals surface area contributed by atoms with Crippen LogP contribution in [0.3, 0.4) is 0 Å². The van der Waals surface area contributed by atoms with E-state index in [9.17, 15) is 3.38 Å². The van der Waals surface area contributed by atoms with Gasteiger partial charge in [0, 0.05) is 0 Å². The Hall–Kier alpha value is 1.22. The predicted octanol–water partition coefficient (Wildman–Crippen LogP) is -2.79. The summed E-state index contributed by atoms with van der Waals surface area (Å²) in [5.74, 6) is 0. The van der Waals surface area contributed by atoms with Crippen LogP contribution in [0.15, 0.2) is 0 Å². The molecule has 0 spiro atoms. The summed E-state index contributed by atoms with van der Waals surface area (Å²) in [5, 5.41) is 0. The van der Waals surface area contributed by atoms with Gasteiger partial charge in [-0.3, -0.25) is 0 Å². The fraction of sp³-hybridized carbons (Fsp3) is 0. The van der Waals surface area contributed by atoms with Crippen LogP contribution < -0.4 is 14.7 Å². The van der Waals surface area contributed by atoms with Crippen molar-refractivity contribution >= 4 is 26.0 Å². The fourth-order valence-corrected chi connectivity index (χ4v) is 0. The first-order valence-corrected chi connectivity index (χ1v) is 2.57. The van der Waals surface area contributed by atoms with Gasteiger partial charge < -0.3 is 19.2 Å². The molecule has 8 heteroatoms. The molecular weight excluding hydrogens is 172 g/mol. The van der Waals surface area contributed by atoms with Gasteiger partial charge in [-0.15, -0.1) is 0 Å². The van der Waals surface area contributed by atoms with Crippen molar-refractivity contribution in [3.05, 3.63) is 0 Å². The number of hydrogen-bond donors (Lipinski definition) is 0. The van der Waals surface area contributed by atoms with Crippen molar-refractivity contribution < 1.29 is 41.2 Å². The van der Waals surface area contributed by atoms with E-state index in [1.165, 1.54) is 0 Å². The second kappa shape index (κ2) is 8.22. The van der Waals surface area contributed by atoms with E-state index in [-0.39, 0.29) is 18.6 Å². The van der Waals surface area contributed by atoms with Gasteiger partial charge in [0.1, 0.15) is 0 Å². The first kappa shape index (κ1) is 16.1. The van der Waals surface area contributed by atoms with Gasteiger partial charge in [0.05, 0.1) is 0 Å². The van der Waals surface area contributed by atoms with Crippen molar-refractivity contribution in [3.63, 3.8) is 0 Å². The van der Waals surface area contributed by atoms with E-state index in [0.29, 0.717) is 18.2 Å². The molecule has 4 nitrogen and oxygen atoms in total. The molecule has 8 heavy (non-hydrogen) atoms. The Morgan fingerprint density at radius 2 is 1.25 bits per heavy atom. The van der Waals surface area contributed by atoms with E-state index < -0.39 is 7.82 Å². The second-order valence-electron chi connectivity index (χ2n) is 0.447. The van der Waals surface area contributed by atoms with Crippen LogP contribution in [-0.2, 0) is 23.1 Å². The summed E-state index contributed by atoms with van der Waals surface area (Å²) in [6.07, 6.45) is 0. The van der Waals surface area contributed by atoms with E-state index in [0.717, 1.165) is 0 Å². The molecule has 0 amide bonds. The average molecular weight is 172 g/mol. The molecule has 0 atom stereocenters. The van der Waals surface area contributed by atoms with Crippen molar-refractivity contribution in [1.29, 1.82) is 0 Å². The predicted molar refractivity (Wildman–Crippen MR) is 14.5 cm³/mol. The third-order valence-corrected chi connectivity index (χ3v) is 0. The summed E-state index contributed by atoms with van der Waals surface area (Å²) in [6.45, 7) is 0. The molecule has 0 saturated heterocycles. The third kappa shape index (κ3) is 187. The maximum atomic E-state index is 9.50. The molecule has 0 saturated carbocycles. The van der Waals surface area contributed by atoms with Crippen molar-refractivity contribution in [2.75, 3.05) is 0 Å². The molecule has 0 heterocycles. The van der Waals surface area contributed by atoms with Gasteiger partial charge in [0.2, 0.25) is 0 Å². The van der Waals surface area contributed by atoms with Crippen LogP contribution in [0, 0.1) is 0 Å². The molecule has 0 aliphatic rings. The first-order chi connectivity index (χ1) is 3.00. The first-order valence-electron chi connectivity index (χ1n) is 1.11. The minimum absolute atomic E-state index is 0. The van der Waals surface area contributed by atoms with Crippen molar-refractivity contribution in [3.8, 4) is 0 Å². The normalized spacial score (nSPS) is 8.25. The molecule has 0 N–H and O–H groups in total. The van der Waals surface area contributed by atoms with Gasteiger partial charge in [-0.2, -0.15) is 7.82 Å². The van der Waals surface area contributed by atoms with Crippen LogP contribution in [0.1, 0.15) is 0 Å². The van der Waals surface area contributed by atoms with Crippen LogP contribution in [0.2, 0.25) is 0 Å². The Kier molecular flexibility index (Phi) is 16.5. The van der Waals surface area contributed by atoms with E-state index in [2.05, 4.69) is 0 Å². The van der Waals surface area contributed by atoms with Gasteiger partial charge >= 0.3 is 40.1 Å². The van der Waals surface area contributed by atoms with Crippen LogP contribution in [-0.4, -0.2) is 18.2 Å². The fourth-order valence-electron chi connectivity index (χ4n) is 0. The van der Waals surface area contributed by atoms with Gasteiger partial charge in [0.25, 0.3) is 0 Å². The molecule has 0 aliphatic carbocycles. The Balaban J connectivity index is -0.0000000750. The molecular formula is FLiO4PV. The molecule has 0 aromatic carbocycles. The zero-order chi connectivity index (χ0) is 6.50. The number of rotatable bonds is 0. The minimum Gasteiger partial charge on any atom is 3.00 e. The molecule has 0 bridgehead atoms. The quantitative estimate of drug-likeness (QED) is 0.292. The Bertz CT molecular complexity index is 62.2. The monoisotopic (exact) mass is 172 g/mol. The van der Waals surface area contributed by atoms with Crippen molar-refractivity contribution in [2.45, 2.75) is 0 Å². The zero-order valence-electron chi connectivity index (χ0n) is 3.91. The zero-order valence-corrected chi connectivity index (χ0v) is 6.20. The summed E-state index contributed by atoms with van der Waals surface area (Å²) in [5.41, 5.74) is 0. The molecule has 0 aromatic heterocycles. The van der Waals surface area contributed by atoms with E-state index in [1.54, 1.807) is 0 Å². The van der Waals surface area contributed by atoms with Crippen LogP contribution >= 0.6 is 7.82 Å². The van der Waals surface area contributed by atoms with Crippen LogP contribution in [0.4, 0.5) is 3.38 Å². The number of phosphoric acid groups is 1. The Morgan fingerprint density at radius 3 is 1.25 bits per heavy atom. The summed E-state index contributed by atoms with van der Waals surface area (Å²) in [7, 11) is -5.39. The third-order valence-electron chi connectivity index (χ3n) is 0. The molecule has 0 fully saturated rings. The summed E-state index contributed by atoms with van der Waals surface area (Å²) >= 11 is 0.500. The molecule has 0 unspecified atom stereocenters. The van der Waals surface area contributed by atoms with Crippen molar-refractivity contribution in [1.82, 2.24) is 0 Å². The second-order valence-corrected chi connectivity index (χ2v) is 1.34. The van der Waals surface area contributed by atoms with E-state index >= 15 is 0 Å². The topological polar surface area (TPSA) is 86.2 Å². The van der Waals surface area contributed by atoms with Crippen LogP contribution in [0.5, 0.6) is 0 Å². The standard InChI is InChI=1S/FH.Li.H3O4P.V/c;;1-5(2,3)4;/h1H;;(H3,1,2,3,4);/q;+1;;+3/p-4. The maximum Gasteiger partial charge on any atom is 3.00 e. The van der Waals surface area contributed by atoms with Gasteiger partial charge in [-0.25, -0.2) is 0 Å². The molecule has 0 radical (unpaired) electrons. The Labute approximate surface area is 67.4 Å². The van der Waals surface area contributed by atoms with Gasteiger partial charge in [0.15, 0.2) is 0 Å². The SMILES string of the molecule is O=P([O-])([O-])[O-].[Li][F].[V+3]. The van der Waals surface area contributed by atoms with Gasteiger partial charge in [-0.05, 0) is 0 Å². The molecule has 42 valence electrons. The summed E-state index contributed by atoms with van der Waals surface area (Å²) in [6, 6.07) is 0. The maximum absolute atomic E-state index is 9.50. The molecule has 0 aromatic rings. The number of hydrogen-bond acceptors (Lipinski definition) is 4. The van der Waals surface area contributed by atoms with Gasteiger partial charge in [-0.1, -0.05) is 0 Å². The minimum atomic E-state index is -5.39. The summed E-state index contributed by atoms with van der Waals surface area (Å²) in [4.78, 5) is 25.6. The van der Waals surface area contributed by atoms with Crippen LogP contribution in [0.25, 0.3) is 0 Å². The van der Waals surface area contributed by atoms with E-state index in [4.69, 9.17) is 19.2 Å².